The molecule has 0 aliphatic carbocycles. The fraction of sp³-hybridized carbons (Fsp3) is 0.714. The molecule has 2 aliphatic heterocycles. The Morgan fingerprint density at radius 1 is 1.41 bits per heavy atom. The summed E-state index contributed by atoms with van der Waals surface area (Å²) in [5.41, 5.74) is 0. The highest BCUT2D eigenvalue weighted by Gasteiger charge is 2.46. The average molecular weight is 322 g/mol. The van der Waals surface area contributed by atoms with Gasteiger partial charge in [-0.3, -0.25) is 9.69 Å². The van der Waals surface area contributed by atoms with Crippen LogP contribution >= 0.6 is 0 Å². The summed E-state index contributed by atoms with van der Waals surface area (Å²) in [5.74, 6) is -1.61. The molecule has 126 valence electrons. The first-order chi connectivity index (χ1) is 10.1. The number of carboxylic acids is 1. The van der Waals surface area contributed by atoms with E-state index in [0.29, 0.717) is 24.4 Å². The van der Waals surface area contributed by atoms with Crippen molar-refractivity contribution in [1.29, 1.82) is 0 Å². The summed E-state index contributed by atoms with van der Waals surface area (Å²) in [5, 5.41) is 7.12. The van der Waals surface area contributed by atoms with Gasteiger partial charge in [-0.2, -0.15) is 13.2 Å². The molecule has 2 fully saturated rings. The Morgan fingerprint density at radius 3 is 2.32 bits per heavy atom. The maximum atomic E-state index is 12.0. The molecule has 0 aromatic rings. The highest BCUT2D eigenvalue weighted by Crippen LogP contribution is 2.32. The zero-order valence-corrected chi connectivity index (χ0v) is 12.6. The minimum absolute atomic E-state index is 0.257. The van der Waals surface area contributed by atoms with Crippen LogP contribution in [0.4, 0.5) is 13.2 Å². The van der Waals surface area contributed by atoms with E-state index in [-0.39, 0.29) is 5.92 Å². The Balaban J connectivity index is 0.000000295. The van der Waals surface area contributed by atoms with E-state index in [2.05, 4.69) is 25.3 Å². The van der Waals surface area contributed by atoms with Gasteiger partial charge in [0.1, 0.15) is 0 Å². The fourth-order valence-electron chi connectivity index (χ4n) is 2.72. The third-order valence-corrected chi connectivity index (χ3v) is 3.88. The first kappa shape index (κ1) is 18.5. The molecule has 8 heteroatoms. The van der Waals surface area contributed by atoms with Crippen LogP contribution in [0.1, 0.15) is 13.8 Å². The van der Waals surface area contributed by atoms with Gasteiger partial charge in [-0.25, -0.2) is 4.79 Å². The molecule has 5 nitrogen and oxygen atoms in total. The molecule has 0 bridgehead atoms. The zero-order chi connectivity index (χ0) is 17.1. The van der Waals surface area contributed by atoms with Crippen molar-refractivity contribution < 1.29 is 27.9 Å². The number of likely N-dealkylation sites (tertiary alicyclic amines) is 2. The van der Waals surface area contributed by atoms with Gasteiger partial charge in [0.15, 0.2) is 0 Å². The predicted molar refractivity (Wildman–Crippen MR) is 74.2 cm³/mol. The van der Waals surface area contributed by atoms with E-state index in [1.54, 1.807) is 0 Å². The molecule has 0 spiro atoms. The van der Waals surface area contributed by atoms with Crippen LogP contribution in [0.15, 0.2) is 12.7 Å². The van der Waals surface area contributed by atoms with Crippen LogP contribution in [0.5, 0.6) is 0 Å². The summed E-state index contributed by atoms with van der Waals surface area (Å²) in [6, 6.07) is 0.566. The van der Waals surface area contributed by atoms with Gasteiger partial charge in [0.05, 0.1) is 5.92 Å². The summed E-state index contributed by atoms with van der Waals surface area (Å²) in [4.78, 5) is 25.3. The largest absolute Gasteiger partial charge is 0.490 e. The molecule has 0 saturated carbocycles. The topological polar surface area (TPSA) is 60.9 Å². The monoisotopic (exact) mass is 322 g/mol. The normalized spacial score (nSPS) is 25.0. The molecule has 2 aliphatic rings. The number of nitrogens with zero attached hydrogens (tertiary/aromatic N) is 2. The van der Waals surface area contributed by atoms with Gasteiger partial charge in [-0.05, 0) is 13.8 Å². The highest BCUT2D eigenvalue weighted by molar-refractivity contribution is 5.82. The van der Waals surface area contributed by atoms with E-state index in [1.165, 1.54) is 0 Å². The van der Waals surface area contributed by atoms with Crippen molar-refractivity contribution in [3.05, 3.63) is 12.7 Å². The molecular formula is C14H21F3N2O3. The third-order valence-electron chi connectivity index (χ3n) is 3.88. The van der Waals surface area contributed by atoms with Crippen LogP contribution < -0.4 is 0 Å². The van der Waals surface area contributed by atoms with Crippen LogP contribution in [-0.4, -0.2) is 65.2 Å². The smallest absolute Gasteiger partial charge is 0.475 e. The molecule has 2 heterocycles. The predicted octanol–water partition coefficient (Wildman–Crippen LogP) is 1.60. The molecule has 1 N–H and O–H groups in total. The van der Waals surface area contributed by atoms with Crippen LogP contribution in [0.2, 0.25) is 0 Å². The van der Waals surface area contributed by atoms with Crippen molar-refractivity contribution in [2.24, 2.45) is 11.8 Å². The molecule has 2 saturated heterocycles. The lowest BCUT2D eigenvalue weighted by molar-refractivity contribution is -0.192. The molecule has 1 amide bonds. The fourth-order valence-corrected chi connectivity index (χ4v) is 2.72. The van der Waals surface area contributed by atoms with Gasteiger partial charge in [0.2, 0.25) is 5.91 Å². The number of carboxylic acid groups (broad SMARTS) is 1. The molecule has 2 atom stereocenters. The second-order valence-electron chi connectivity index (χ2n) is 5.75. The van der Waals surface area contributed by atoms with Crippen LogP contribution in [0.3, 0.4) is 0 Å². The Morgan fingerprint density at radius 2 is 1.95 bits per heavy atom. The summed E-state index contributed by atoms with van der Waals surface area (Å²) >= 11 is 0. The minimum Gasteiger partial charge on any atom is -0.475 e. The van der Waals surface area contributed by atoms with Crippen molar-refractivity contribution in [3.63, 3.8) is 0 Å². The number of hydrogen-bond donors (Lipinski definition) is 1. The highest BCUT2D eigenvalue weighted by atomic mass is 19.4. The summed E-state index contributed by atoms with van der Waals surface area (Å²) in [6.45, 7) is 11.8. The molecule has 2 rings (SSSR count). The van der Waals surface area contributed by atoms with Crippen LogP contribution in [-0.2, 0) is 9.59 Å². The average Bonchev–Trinajstić information content (AvgIpc) is 2.91. The maximum Gasteiger partial charge on any atom is 0.490 e. The standard InChI is InChI=1S/C12H20N2O.C2HF3O2/c1-4-5-13-6-10-7-14(9(2)3)8-11(10)12(13)15;3-2(4,5)1(6)7/h4,9-11H,1,5-8H2,2-3H3;(H,6,7)/t10-,11+;/m1./s1. The summed E-state index contributed by atoms with van der Waals surface area (Å²) in [7, 11) is 0. The van der Waals surface area contributed by atoms with Crippen molar-refractivity contribution in [2.75, 3.05) is 26.2 Å². The van der Waals surface area contributed by atoms with Crippen molar-refractivity contribution in [3.8, 4) is 0 Å². The number of hydrogen-bond acceptors (Lipinski definition) is 3. The Bertz CT molecular complexity index is 438. The lowest BCUT2D eigenvalue weighted by atomic mass is 10.0. The van der Waals surface area contributed by atoms with Gasteiger partial charge in [0.25, 0.3) is 0 Å². The molecule has 0 radical (unpaired) electrons. The third kappa shape index (κ3) is 4.46. The van der Waals surface area contributed by atoms with E-state index in [4.69, 9.17) is 9.90 Å². The van der Waals surface area contributed by atoms with Crippen molar-refractivity contribution >= 4 is 11.9 Å². The lowest BCUT2D eigenvalue weighted by Gasteiger charge is -2.23. The van der Waals surface area contributed by atoms with Crippen molar-refractivity contribution in [1.82, 2.24) is 9.80 Å². The number of carbonyl (C=O) groups is 2. The van der Waals surface area contributed by atoms with Gasteiger partial charge in [0, 0.05) is 38.1 Å². The Labute approximate surface area is 127 Å². The van der Waals surface area contributed by atoms with Crippen molar-refractivity contribution in [2.45, 2.75) is 26.1 Å². The van der Waals surface area contributed by atoms with Crippen LogP contribution in [0, 0.1) is 11.8 Å². The Kier molecular flexibility index (Phi) is 5.99. The number of amides is 1. The SMILES string of the molecule is C=CCN1C[C@@H]2CN(C(C)C)C[C@@H]2C1=O.O=C(O)C(F)(F)F. The molecule has 0 aromatic carbocycles. The van der Waals surface area contributed by atoms with Gasteiger partial charge in [-0.15, -0.1) is 6.58 Å². The van der Waals surface area contributed by atoms with Crippen LogP contribution in [0.25, 0.3) is 0 Å². The van der Waals surface area contributed by atoms with E-state index in [1.807, 2.05) is 11.0 Å². The quantitative estimate of drug-likeness (QED) is 0.802. The second-order valence-corrected chi connectivity index (χ2v) is 5.75. The first-order valence-electron chi connectivity index (χ1n) is 7.01. The van der Waals surface area contributed by atoms with E-state index in [0.717, 1.165) is 19.6 Å². The minimum atomic E-state index is -5.08. The number of halogens is 3. The van der Waals surface area contributed by atoms with E-state index < -0.39 is 12.1 Å². The number of alkyl halides is 3. The first-order valence-corrected chi connectivity index (χ1v) is 7.01. The molecule has 0 unspecified atom stereocenters. The van der Waals surface area contributed by atoms with E-state index >= 15 is 0 Å². The number of aliphatic carboxylic acids is 1. The van der Waals surface area contributed by atoms with Gasteiger partial charge >= 0.3 is 12.1 Å². The lowest BCUT2D eigenvalue weighted by Crippen LogP contribution is -2.35. The zero-order valence-electron chi connectivity index (χ0n) is 12.6. The summed E-state index contributed by atoms with van der Waals surface area (Å²) < 4.78 is 31.7. The molecular weight excluding hydrogens is 301 g/mol. The number of fused-ring (bicyclic) bond motifs is 1. The molecule has 22 heavy (non-hydrogen) atoms. The van der Waals surface area contributed by atoms with Gasteiger partial charge < -0.3 is 10.0 Å². The van der Waals surface area contributed by atoms with E-state index in [9.17, 15) is 18.0 Å². The number of carbonyl (C=O) groups excluding carboxylic acids is 1. The second kappa shape index (κ2) is 7.13. The maximum absolute atomic E-state index is 12.0. The summed E-state index contributed by atoms with van der Waals surface area (Å²) in [6.07, 6.45) is -3.26. The van der Waals surface area contributed by atoms with Gasteiger partial charge in [-0.1, -0.05) is 6.08 Å². The number of rotatable bonds is 3. The molecule has 0 aromatic heterocycles. The Hall–Kier alpha value is -1.57.